The van der Waals surface area contributed by atoms with E-state index in [9.17, 15) is 0 Å². The maximum Gasteiger partial charge on any atom is 0.0399 e. The Morgan fingerprint density at radius 1 is 1.33 bits per heavy atom. The highest BCUT2D eigenvalue weighted by molar-refractivity contribution is 5.56. The Labute approximate surface area is 92.3 Å². The van der Waals surface area contributed by atoms with E-state index in [0.29, 0.717) is 6.04 Å². The number of nitrogens with zero attached hydrogens (tertiary/aromatic N) is 1. The molecule has 1 atom stereocenters. The van der Waals surface area contributed by atoms with E-state index in [-0.39, 0.29) is 0 Å². The second-order valence-electron chi connectivity index (χ2n) is 4.52. The maximum absolute atomic E-state index is 3.47. The molecule has 0 bridgehead atoms. The number of nitrogens with one attached hydrogen (secondary N) is 1. The Morgan fingerprint density at radius 2 is 2.13 bits per heavy atom. The number of aryl methyl sites for hydroxylation is 1. The SMILES string of the molecule is Cc1cccc(N2CCN[C@@H](C)C2)c1C. The molecule has 1 aromatic rings. The van der Waals surface area contributed by atoms with E-state index in [2.05, 4.69) is 49.2 Å². The van der Waals surface area contributed by atoms with Crippen LogP contribution >= 0.6 is 0 Å². The van der Waals surface area contributed by atoms with E-state index < -0.39 is 0 Å². The number of hydrogen-bond donors (Lipinski definition) is 1. The Kier molecular flexibility index (Phi) is 2.96. The van der Waals surface area contributed by atoms with Crippen LogP contribution in [-0.4, -0.2) is 25.7 Å². The first-order valence-corrected chi connectivity index (χ1v) is 5.73. The summed E-state index contributed by atoms with van der Waals surface area (Å²) in [5.41, 5.74) is 4.22. The van der Waals surface area contributed by atoms with Crippen molar-refractivity contribution < 1.29 is 0 Å². The molecule has 2 heteroatoms. The molecule has 0 radical (unpaired) electrons. The van der Waals surface area contributed by atoms with Crippen molar-refractivity contribution in [3.63, 3.8) is 0 Å². The molecular formula is C13H20N2. The zero-order chi connectivity index (χ0) is 10.8. The summed E-state index contributed by atoms with van der Waals surface area (Å²) in [5, 5.41) is 3.47. The van der Waals surface area contributed by atoms with Gasteiger partial charge in [0.15, 0.2) is 0 Å². The van der Waals surface area contributed by atoms with Crippen LogP contribution in [0.15, 0.2) is 18.2 Å². The van der Waals surface area contributed by atoms with Crippen molar-refractivity contribution in [1.82, 2.24) is 5.32 Å². The molecule has 0 amide bonds. The lowest BCUT2D eigenvalue weighted by molar-refractivity contribution is 0.484. The average molecular weight is 204 g/mol. The third-order valence-electron chi connectivity index (χ3n) is 3.29. The molecule has 1 N–H and O–H groups in total. The molecule has 82 valence electrons. The van der Waals surface area contributed by atoms with Gasteiger partial charge in [-0.3, -0.25) is 0 Å². The first-order chi connectivity index (χ1) is 7.18. The van der Waals surface area contributed by atoms with E-state index in [0.717, 1.165) is 19.6 Å². The summed E-state index contributed by atoms with van der Waals surface area (Å²) >= 11 is 0. The largest absolute Gasteiger partial charge is 0.368 e. The van der Waals surface area contributed by atoms with Gasteiger partial charge in [0.1, 0.15) is 0 Å². The number of hydrogen-bond acceptors (Lipinski definition) is 2. The van der Waals surface area contributed by atoms with Crippen molar-refractivity contribution in [2.24, 2.45) is 0 Å². The summed E-state index contributed by atoms with van der Waals surface area (Å²) in [4.78, 5) is 2.49. The van der Waals surface area contributed by atoms with Gasteiger partial charge in [-0.1, -0.05) is 12.1 Å². The van der Waals surface area contributed by atoms with E-state index in [1.54, 1.807) is 0 Å². The number of anilines is 1. The third-order valence-corrected chi connectivity index (χ3v) is 3.29. The van der Waals surface area contributed by atoms with Crippen LogP contribution in [0.2, 0.25) is 0 Å². The number of piperazine rings is 1. The van der Waals surface area contributed by atoms with Gasteiger partial charge in [-0.2, -0.15) is 0 Å². The molecule has 1 aromatic carbocycles. The smallest absolute Gasteiger partial charge is 0.0399 e. The zero-order valence-electron chi connectivity index (χ0n) is 9.88. The minimum atomic E-state index is 0.596. The van der Waals surface area contributed by atoms with Crippen molar-refractivity contribution >= 4 is 5.69 Å². The summed E-state index contributed by atoms with van der Waals surface area (Å²) in [6, 6.07) is 7.17. The lowest BCUT2D eigenvalue weighted by Crippen LogP contribution is -2.49. The predicted molar refractivity (Wildman–Crippen MR) is 65.6 cm³/mol. The van der Waals surface area contributed by atoms with Gasteiger partial charge in [-0.25, -0.2) is 0 Å². The molecule has 0 unspecified atom stereocenters. The van der Waals surface area contributed by atoms with Gasteiger partial charge in [-0.15, -0.1) is 0 Å². The van der Waals surface area contributed by atoms with Crippen LogP contribution in [0, 0.1) is 13.8 Å². The molecule has 1 heterocycles. The Morgan fingerprint density at radius 3 is 2.87 bits per heavy atom. The highest BCUT2D eigenvalue weighted by Gasteiger charge is 2.17. The summed E-state index contributed by atoms with van der Waals surface area (Å²) in [7, 11) is 0. The molecule has 2 rings (SSSR count). The highest BCUT2D eigenvalue weighted by atomic mass is 15.2. The molecule has 1 aliphatic rings. The minimum Gasteiger partial charge on any atom is -0.368 e. The standard InChI is InChI=1S/C13H20N2/c1-10-5-4-6-13(12(10)3)15-8-7-14-11(2)9-15/h4-6,11,14H,7-9H2,1-3H3/t11-/m0/s1. The van der Waals surface area contributed by atoms with Crippen LogP contribution in [0.25, 0.3) is 0 Å². The van der Waals surface area contributed by atoms with Crippen molar-refractivity contribution in [3.8, 4) is 0 Å². The number of benzene rings is 1. The van der Waals surface area contributed by atoms with E-state index in [1.165, 1.54) is 16.8 Å². The first kappa shape index (κ1) is 10.5. The van der Waals surface area contributed by atoms with Gasteiger partial charge in [0, 0.05) is 31.4 Å². The topological polar surface area (TPSA) is 15.3 Å². The summed E-state index contributed by atoms with van der Waals surface area (Å²) in [5.74, 6) is 0. The Balaban J connectivity index is 2.24. The molecule has 0 spiro atoms. The molecule has 0 aromatic heterocycles. The van der Waals surface area contributed by atoms with E-state index in [1.807, 2.05) is 0 Å². The molecule has 0 aliphatic carbocycles. The van der Waals surface area contributed by atoms with Crippen molar-refractivity contribution in [3.05, 3.63) is 29.3 Å². The first-order valence-electron chi connectivity index (χ1n) is 5.73. The lowest BCUT2D eigenvalue weighted by atomic mass is 10.1. The van der Waals surface area contributed by atoms with Crippen molar-refractivity contribution in [2.45, 2.75) is 26.8 Å². The predicted octanol–water partition coefficient (Wildman–Crippen LogP) is 2.10. The summed E-state index contributed by atoms with van der Waals surface area (Å²) in [6.07, 6.45) is 0. The van der Waals surface area contributed by atoms with E-state index in [4.69, 9.17) is 0 Å². The normalized spacial score (nSPS) is 21.8. The molecular weight excluding hydrogens is 184 g/mol. The fourth-order valence-electron chi connectivity index (χ4n) is 2.23. The molecule has 1 fully saturated rings. The summed E-state index contributed by atoms with van der Waals surface area (Å²) < 4.78 is 0. The molecule has 2 nitrogen and oxygen atoms in total. The van der Waals surface area contributed by atoms with Crippen LogP contribution in [0.1, 0.15) is 18.1 Å². The van der Waals surface area contributed by atoms with Crippen LogP contribution in [-0.2, 0) is 0 Å². The minimum absolute atomic E-state index is 0.596. The molecule has 15 heavy (non-hydrogen) atoms. The van der Waals surface area contributed by atoms with Gasteiger partial charge in [0.25, 0.3) is 0 Å². The highest BCUT2D eigenvalue weighted by Crippen LogP contribution is 2.23. The van der Waals surface area contributed by atoms with Crippen LogP contribution in [0.4, 0.5) is 5.69 Å². The number of rotatable bonds is 1. The Hall–Kier alpha value is -1.02. The third kappa shape index (κ3) is 2.15. The summed E-state index contributed by atoms with van der Waals surface area (Å²) in [6.45, 7) is 9.98. The molecule has 1 saturated heterocycles. The molecule has 1 aliphatic heterocycles. The van der Waals surface area contributed by atoms with Crippen molar-refractivity contribution in [1.29, 1.82) is 0 Å². The van der Waals surface area contributed by atoms with Gasteiger partial charge in [-0.05, 0) is 38.0 Å². The van der Waals surface area contributed by atoms with Crippen LogP contribution in [0.3, 0.4) is 0 Å². The average Bonchev–Trinajstić information content (AvgIpc) is 2.22. The second-order valence-corrected chi connectivity index (χ2v) is 4.52. The van der Waals surface area contributed by atoms with Crippen LogP contribution < -0.4 is 10.2 Å². The van der Waals surface area contributed by atoms with Gasteiger partial charge >= 0.3 is 0 Å². The fourth-order valence-corrected chi connectivity index (χ4v) is 2.23. The Bertz CT molecular complexity index is 346. The van der Waals surface area contributed by atoms with Gasteiger partial charge < -0.3 is 10.2 Å². The fraction of sp³-hybridized carbons (Fsp3) is 0.538. The quantitative estimate of drug-likeness (QED) is 0.753. The monoisotopic (exact) mass is 204 g/mol. The van der Waals surface area contributed by atoms with Gasteiger partial charge in [0.05, 0.1) is 0 Å². The lowest BCUT2D eigenvalue weighted by Gasteiger charge is -2.34. The van der Waals surface area contributed by atoms with Crippen LogP contribution in [0.5, 0.6) is 0 Å². The molecule has 0 saturated carbocycles. The maximum atomic E-state index is 3.47. The van der Waals surface area contributed by atoms with E-state index >= 15 is 0 Å². The van der Waals surface area contributed by atoms with Gasteiger partial charge in [0.2, 0.25) is 0 Å². The van der Waals surface area contributed by atoms with Crippen molar-refractivity contribution in [2.75, 3.05) is 24.5 Å². The zero-order valence-corrected chi connectivity index (χ0v) is 9.88. The second kappa shape index (κ2) is 4.23.